The maximum Gasteiger partial charge on any atom is 0.253 e. The number of rotatable bonds is 5. The lowest BCUT2D eigenvalue weighted by atomic mass is 9.78. The lowest BCUT2D eigenvalue weighted by molar-refractivity contribution is 0.0145. The smallest absolute Gasteiger partial charge is 0.253 e. The monoisotopic (exact) mass is 407 g/mol. The van der Waals surface area contributed by atoms with E-state index in [1.54, 1.807) is 0 Å². The highest BCUT2D eigenvalue weighted by molar-refractivity contribution is 5.94. The van der Waals surface area contributed by atoms with E-state index in [4.69, 9.17) is 4.74 Å². The minimum atomic E-state index is 0.144. The Balaban J connectivity index is 1.36. The normalized spacial score (nSPS) is 19.6. The van der Waals surface area contributed by atoms with E-state index in [-0.39, 0.29) is 11.3 Å². The molecule has 1 aromatic carbocycles. The Bertz CT molecular complexity index is 814. The third-order valence-electron chi connectivity index (χ3n) is 6.53. The number of ether oxygens (including phenoxy) is 1. The highest BCUT2D eigenvalue weighted by Crippen LogP contribution is 2.35. The molecule has 5 nitrogen and oxygen atoms in total. The minimum Gasteiger partial charge on any atom is -0.379 e. The van der Waals surface area contributed by atoms with E-state index in [1.807, 2.05) is 29.4 Å². The molecule has 1 amide bonds. The zero-order valence-electron chi connectivity index (χ0n) is 18.1. The second kappa shape index (κ2) is 9.71. The van der Waals surface area contributed by atoms with Crippen molar-refractivity contribution in [2.24, 2.45) is 5.41 Å². The van der Waals surface area contributed by atoms with Gasteiger partial charge in [-0.05, 0) is 54.7 Å². The van der Waals surface area contributed by atoms with Crippen molar-refractivity contribution in [2.45, 2.75) is 39.2 Å². The fourth-order valence-corrected chi connectivity index (χ4v) is 4.73. The number of likely N-dealkylation sites (tertiary alicyclic amines) is 1. The summed E-state index contributed by atoms with van der Waals surface area (Å²) in [6, 6.07) is 12.3. The van der Waals surface area contributed by atoms with Crippen molar-refractivity contribution in [3.63, 3.8) is 0 Å². The summed E-state index contributed by atoms with van der Waals surface area (Å²) in [7, 11) is 0. The molecule has 2 saturated heterocycles. The molecule has 0 atom stereocenters. The van der Waals surface area contributed by atoms with Gasteiger partial charge in [0.25, 0.3) is 5.91 Å². The maximum atomic E-state index is 13.0. The number of aromatic nitrogens is 1. The van der Waals surface area contributed by atoms with Crippen LogP contribution >= 0.6 is 0 Å². The topological polar surface area (TPSA) is 45.7 Å². The molecule has 0 unspecified atom stereocenters. The van der Waals surface area contributed by atoms with Crippen molar-refractivity contribution in [1.82, 2.24) is 14.8 Å². The Morgan fingerprint density at radius 1 is 1.03 bits per heavy atom. The summed E-state index contributed by atoms with van der Waals surface area (Å²) in [5.74, 6) is 0.163. The Labute approximate surface area is 180 Å². The standard InChI is InChI=1S/C25H33N3O2/c1-2-3-21-4-6-23(7-5-21)24(29)28-14-10-25(11-15-28)19-27(16-17-30-20-25)18-22-8-12-26-13-9-22/h4-9,12-13H,2-3,10-11,14-20H2,1H3. The molecule has 2 aromatic rings. The van der Waals surface area contributed by atoms with E-state index >= 15 is 0 Å². The van der Waals surface area contributed by atoms with Gasteiger partial charge < -0.3 is 9.64 Å². The molecule has 2 aliphatic heterocycles. The molecule has 0 N–H and O–H groups in total. The number of pyridine rings is 1. The summed E-state index contributed by atoms with van der Waals surface area (Å²) in [6.45, 7) is 8.29. The lowest BCUT2D eigenvalue weighted by Crippen LogP contribution is -2.48. The van der Waals surface area contributed by atoms with Gasteiger partial charge in [-0.1, -0.05) is 25.5 Å². The Morgan fingerprint density at radius 2 is 1.77 bits per heavy atom. The fraction of sp³-hybridized carbons (Fsp3) is 0.520. The molecular formula is C25H33N3O2. The predicted molar refractivity (Wildman–Crippen MR) is 118 cm³/mol. The van der Waals surface area contributed by atoms with Crippen molar-refractivity contribution < 1.29 is 9.53 Å². The maximum absolute atomic E-state index is 13.0. The molecule has 1 spiro atoms. The lowest BCUT2D eigenvalue weighted by Gasteiger charge is -2.42. The van der Waals surface area contributed by atoms with Crippen LogP contribution in [-0.4, -0.2) is 60.1 Å². The molecule has 5 heteroatoms. The second-order valence-electron chi connectivity index (χ2n) is 8.86. The van der Waals surface area contributed by atoms with E-state index < -0.39 is 0 Å². The number of amides is 1. The quantitative estimate of drug-likeness (QED) is 0.757. The van der Waals surface area contributed by atoms with E-state index in [1.165, 1.54) is 11.1 Å². The first-order valence-electron chi connectivity index (χ1n) is 11.2. The number of carbonyl (C=O) groups is 1. The summed E-state index contributed by atoms with van der Waals surface area (Å²) in [6.07, 6.45) is 7.91. The molecular weight excluding hydrogens is 374 g/mol. The summed E-state index contributed by atoms with van der Waals surface area (Å²) in [5, 5.41) is 0. The van der Waals surface area contributed by atoms with Crippen LogP contribution in [0.1, 0.15) is 47.7 Å². The molecule has 160 valence electrons. The van der Waals surface area contributed by atoms with Crippen molar-refractivity contribution in [2.75, 3.05) is 39.4 Å². The summed E-state index contributed by atoms with van der Waals surface area (Å²) >= 11 is 0. The van der Waals surface area contributed by atoms with Gasteiger partial charge in [0.05, 0.1) is 13.2 Å². The summed E-state index contributed by atoms with van der Waals surface area (Å²) in [4.78, 5) is 21.6. The molecule has 2 aliphatic rings. The van der Waals surface area contributed by atoms with E-state index in [0.29, 0.717) is 0 Å². The number of carbonyl (C=O) groups excluding carboxylic acids is 1. The Hall–Kier alpha value is -2.24. The fourth-order valence-electron chi connectivity index (χ4n) is 4.73. The molecule has 30 heavy (non-hydrogen) atoms. The Morgan fingerprint density at radius 3 is 2.47 bits per heavy atom. The van der Waals surface area contributed by atoms with Gasteiger partial charge in [-0.2, -0.15) is 0 Å². The first-order chi connectivity index (χ1) is 14.7. The highest BCUT2D eigenvalue weighted by atomic mass is 16.5. The predicted octanol–water partition coefficient (Wildman–Crippen LogP) is 3.79. The van der Waals surface area contributed by atoms with Gasteiger partial charge in [-0.25, -0.2) is 0 Å². The molecule has 0 saturated carbocycles. The van der Waals surface area contributed by atoms with Gasteiger partial charge in [0, 0.05) is 56.1 Å². The number of piperidine rings is 1. The van der Waals surface area contributed by atoms with Gasteiger partial charge in [0.1, 0.15) is 0 Å². The van der Waals surface area contributed by atoms with Crippen LogP contribution in [-0.2, 0) is 17.7 Å². The number of aryl methyl sites for hydroxylation is 1. The van der Waals surface area contributed by atoms with Crippen LogP contribution < -0.4 is 0 Å². The van der Waals surface area contributed by atoms with Crippen LogP contribution in [0.3, 0.4) is 0 Å². The number of benzene rings is 1. The van der Waals surface area contributed by atoms with Crippen molar-refractivity contribution in [3.8, 4) is 0 Å². The van der Waals surface area contributed by atoms with Gasteiger partial charge in [-0.3, -0.25) is 14.7 Å². The van der Waals surface area contributed by atoms with Crippen LogP contribution in [0.4, 0.5) is 0 Å². The minimum absolute atomic E-state index is 0.144. The third kappa shape index (κ3) is 5.08. The first kappa shape index (κ1) is 21.0. The van der Waals surface area contributed by atoms with Crippen LogP contribution in [0.25, 0.3) is 0 Å². The Kier molecular flexibility index (Phi) is 6.80. The molecule has 0 radical (unpaired) electrons. The zero-order valence-corrected chi connectivity index (χ0v) is 18.1. The van der Waals surface area contributed by atoms with Crippen molar-refractivity contribution in [1.29, 1.82) is 0 Å². The first-order valence-corrected chi connectivity index (χ1v) is 11.2. The number of hydrogen-bond donors (Lipinski definition) is 0. The van der Waals surface area contributed by atoms with E-state index in [2.05, 4.69) is 41.1 Å². The van der Waals surface area contributed by atoms with Crippen molar-refractivity contribution in [3.05, 3.63) is 65.5 Å². The summed E-state index contributed by atoms with van der Waals surface area (Å²) < 4.78 is 6.01. The molecule has 0 bridgehead atoms. The van der Waals surface area contributed by atoms with Gasteiger partial charge in [-0.15, -0.1) is 0 Å². The average molecular weight is 408 g/mol. The van der Waals surface area contributed by atoms with Gasteiger partial charge >= 0.3 is 0 Å². The molecule has 3 heterocycles. The van der Waals surface area contributed by atoms with Crippen LogP contribution in [0.5, 0.6) is 0 Å². The molecule has 0 aliphatic carbocycles. The zero-order chi connectivity index (χ0) is 20.8. The highest BCUT2D eigenvalue weighted by Gasteiger charge is 2.39. The number of nitrogens with zero attached hydrogens (tertiary/aromatic N) is 3. The van der Waals surface area contributed by atoms with Gasteiger partial charge in [0.15, 0.2) is 0 Å². The largest absolute Gasteiger partial charge is 0.379 e. The van der Waals surface area contributed by atoms with E-state index in [9.17, 15) is 4.79 Å². The van der Waals surface area contributed by atoms with E-state index in [0.717, 1.165) is 77.2 Å². The number of hydrogen-bond acceptors (Lipinski definition) is 4. The summed E-state index contributed by atoms with van der Waals surface area (Å²) in [5.41, 5.74) is 3.55. The van der Waals surface area contributed by atoms with Crippen LogP contribution in [0, 0.1) is 5.41 Å². The average Bonchev–Trinajstić information content (AvgIpc) is 2.97. The van der Waals surface area contributed by atoms with Gasteiger partial charge in [0.2, 0.25) is 0 Å². The van der Waals surface area contributed by atoms with Crippen LogP contribution in [0.15, 0.2) is 48.8 Å². The third-order valence-corrected chi connectivity index (χ3v) is 6.53. The van der Waals surface area contributed by atoms with Crippen molar-refractivity contribution >= 4 is 5.91 Å². The van der Waals surface area contributed by atoms with Crippen LogP contribution in [0.2, 0.25) is 0 Å². The molecule has 1 aromatic heterocycles. The SMILES string of the molecule is CCCc1ccc(C(=O)N2CCC3(CC2)COCCN(Cc2ccncc2)C3)cc1. The molecule has 2 fully saturated rings. The molecule has 4 rings (SSSR count). The second-order valence-corrected chi connectivity index (χ2v) is 8.86.